The topological polar surface area (TPSA) is 49.4 Å². The quantitative estimate of drug-likeness (QED) is 0.927. The zero-order valence-corrected chi connectivity index (χ0v) is 13.9. The van der Waals surface area contributed by atoms with Gasteiger partial charge in [0.15, 0.2) is 0 Å². The minimum atomic E-state index is -3.28. The van der Waals surface area contributed by atoms with E-state index in [2.05, 4.69) is 5.32 Å². The Kier molecular flexibility index (Phi) is 5.82. The number of hydrogen-bond acceptors (Lipinski definition) is 4. The maximum absolute atomic E-state index is 12.5. The first-order valence-corrected chi connectivity index (χ1v) is 8.45. The minimum absolute atomic E-state index is 0. The summed E-state index contributed by atoms with van der Waals surface area (Å²) in [7, 11) is -1.35. The van der Waals surface area contributed by atoms with Gasteiger partial charge in [-0.2, -0.15) is 4.31 Å². The molecular weight excluding hydrogens is 304 g/mol. The second-order valence-electron chi connectivity index (χ2n) is 4.79. The number of rotatable bonds is 3. The van der Waals surface area contributed by atoms with Gasteiger partial charge in [0.1, 0.15) is 4.21 Å². The third-order valence-electron chi connectivity index (χ3n) is 3.43. The van der Waals surface area contributed by atoms with Gasteiger partial charge >= 0.3 is 0 Å². The number of halogens is 1. The molecule has 4 nitrogen and oxygen atoms in total. The van der Waals surface area contributed by atoms with E-state index in [-0.39, 0.29) is 12.4 Å². The third-order valence-corrected chi connectivity index (χ3v) is 7.10. The molecule has 0 unspecified atom stereocenters. The van der Waals surface area contributed by atoms with Crippen LogP contribution in [0.1, 0.15) is 23.3 Å². The van der Waals surface area contributed by atoms with Crippen LogP contribution in [0.25, 0.3) is 0 Å². The van der Waals surface area contributed by atoms with Crippen molar-refractivity contribution in [3.63, 3.8) is 0 Å². The lowest BCUT2D eigenvalue weighted by atomic mass is 10.1. The van der Waals surface area contributed by atoms with Crippen molar-refractivity contribution in [2.24, 2.45) is 0 Å². The number of nitrogens with one attached hydrogen (secondary N) is 1. The molecule has 1 aromatic heterocycles. The van der Waals surface area contributed by atoms with E-state index >= 15 is 0 Å². The monoisotopic (exact) mass is 324 g/mol. The van der Waals surface area contributed by atoms with Crippen LogP contribution in [0.3, 0.4) is 0 Å². The molecule has 0 atom stereocenters. The lowest BCUT2D eigenvalue weighted by Gasteiger charge is -2.30. The van der Waals surface area contributed by atoms with E-state index in [1.807, 2.05) is 27.0 Å². The Bertz CT molecular complexity index is 520. The molecular formula is C12H21ClN2O2S2. The third kappa shape index (κ3) is 3.49. The van der Waals surface area contributed by atoms with Crippen molar-refractivity contribution in [1.29, 1.82) is 0 Å². The first-order chi connectivity index (χ1) is 8.45. The molecule has 1 fully saturated rings. The van der Waals surface area contributed by atoms with Crippen LogP contribution >= 0.6 is 23.7 Å². The van der Waals surface area contributed by atoms with Gasteiger partial charge in [0.25, 0.3) is 10.0 Å². The molecule has 0 bridgehead atoms. The van der Waals surface area contributed by atoms with Crippen LogP contribution in [-0.4, -0.2) is 38.9 Å². The highest BCUT2D eigenvalue weighted by Crippen LogP contribution is 2.30. The van der Waals surface area contributed by atoms with Crippen molar-refractivity contribution in [1.82, 2.24) is 9.62 Å². The second-order valence-corrected chi connectivity index (χ2v) is 8.18. The van der Waals surface area contributed by atoms with Gasteiger partial charge in [0.2, 0.25) is 0 Å². The maximum atomic E-state index is 12.5. The highest BCUT2D eigenvalue weighted by Gasteiger charge is 2.31. The van der Waals surface area contributed by atoms with Gasteiger partial charge in [-0.1, -0.05) is 0 Å². The van der Waals surface area contributed by atoms with E-state index in [9.17, 15) is 8.42 Å². The highest BCUT2D eigenvalue weighted by atomic mass is 35.5. The van der Waals surface area contributed by atoms with E-state index in [4.69, 9.17) is 0 Å². The normalized spacial score (nSPS) is 18.3. The van der Waals surface area contributed by atoms with Gasteiger partial charge in [0.05, 0.1) is 0 Å². The smallest absolute Gasteiger partial charge is 0.252 e. The lowest BCUT2D eigenvalue weighted by Crippen LogP contribution is -2.43. The molecule has 0 saturated carbocycles. The van der Waals surface area contributed by atoms with Crippen LogP contribution in [0.4, 0.5) is 0 Å². The fourth-order valence-electron chi connectivity index (χ4n) is 2.38. The van der Waals surface area contributed by atoms with E-state index in [1.54, 1.807) is 4.31 Å². The highest BCUT2D eigenvalue weighted by molar-refractivity contribution is 7.91. The van der Waals surface area contributed by atoms with Crippen LogP contribution in [0.2, 0.25) is 0 Å². The molecule has 2 rings (SSSR count). The van der Waals surface area contributed by atoms with Crippen molar-refractivity contribution >= 4 is 33.8 Å². The van der Waals surface area contributed by atoms with Gasteiger partial charge in [0, 0.05) is 24.0 Å². The van der Waals surface area contributed by atoms with Crippen LogP contribution in [0.5, 0.6) is 0 Å². The first kappa shape index (κ1) is 16.9. The van der Waals surface area contributed by atoms with Crippen molar-refractivity contribution in [3.8, 4) is 0 Å². The Morgan fingerprint density at radius 1 is 1.32 bits per heavy atom. The average molecular weight is 325 g/mol. The summed E-state index contributed by atoms with van der Waals surface area (Å²) in [5, 5.41) is 3.21. The average Bonchev–Trinajstić information content (AvgIpc) is 2.69. The van der Waals surface area contributed by atoms with Crippen molar-refractivity contribution in [3.05, 3.63) is 16.5 Å². The summed E-state index contributed by atoms with van der Waals surface area (Å²) in [6.07, 6.45) is 1.78. The van der Waals surface area contributed by atoms with E-state index < -0.39 is 10.0 Å². The molecule has 0 aromatic carbocycles. The minimum Gasteiger partial charge on any atom is -0.317 e. The molecule has 7 heteroatoms. The van der Waals surface area contributed by atoms with Crippen LogP contribution in [-0.2, 0) is 10.0 Å². The Labute approximate surface area is 125 Å². The van der Waals surface area contributed by atoms with Crippen molar-refractivity contribution in [2.75, 3.05) is 20.1 Å². The SMILES string of the molecule is CNC1CCN(S(=O)(=O)c2sc(C)cc2C)CC1.Cl. The number of thiophene rings is 1. The fraction of sp³-hybridized carbons (Fsp3) is 0.667. The van der Waals surface area contributed by atoms with Gasteiger partial charge in [-0.15, -0.1) is 23.7 Å². The summed E-state index contributed by atoms with van der Waals surface area (Å²) < 4.78 is 27.2. The van der Waals surface area contributed by atoms with Crippen molar-refractivity contribution < 1.29 is 8.42 Å². The van der Waals surface area contributed by atoms with E-state index in [1.165, 1.54) is 11.3 Å². The standard InChI is InChI=1S/C12H20N2O2S2.ClH/c1-9-8-10(2)17-12(9)18(15,16)14-6-4-11(13-3)5-7-14;/h8,11,13H,4-7H2,1-3H3;1H. The summed E-state index contributed by atoms with van der Waals surface area (Å²) in [5.41, 5.74) is 0.869. The molecule has 1 aromatic rings. The van der Waals surface area contributed by atoms with Gasteiger partial charge in [-0.25, -0.2) is 8.42 Å². The Balaban J connectivity index is 0.00000180. The Hall–Kier alpha value is -0.140. The number of sulfonamides is 1. The summed E-state index contributed by atoms with van der Waals surface area (Å²) in [4.78, 5) is 1.05. The Morgan fingerprint density at radius 2 is 1.89 bits per heavy atom. The fourth-order valence-corrected chi connectivity index (χ4v) is 5.65. The number of aryl methyl sites for hydroxylation is 2. The molecule has 0 aliphatic carbocycles. The van der Waals surface area contributed by atoms with E-state index in [0.717, 1.165) is 23.3 Å². The summed E-state index contributed by atoms with van der Waals surface area (Å²) >= 11 is 1.38. The number of hydrogen-bond donors (Lipinski definition) is 1. The second kappa shape index (κ2) is 6.54. The maximum Gasteiger partial charge on any atom is 0.252 e. The van der Waals surface area contributed by atoms with E-state index in [0.29, 0.717) is 23.3 Å². The van der Waals surface area contributed by atoms with Crippen LogP contribution in [0, 0.1) is 13.8 Å². The molecule has 1 aliphatic rings. The molecule has 0 amide bonds. The van der Waals surface area contributed by atoms with Crippen LogP contribution < -0.4 is 5.32 Å². The summed E-state index contributed by atoms with van der Waals surface area (Å²) in [5.74, 6) is 0. The van der Waals surface area contributed by atoms with Crippen LogP contribution in [0.15, 0.2) is 10.3 Å². The predicted molar refractivity (Wildman–Crippen MR) is 81.9 cm³/mol. The first-order valence-electron chi connectivity index (χ1n) is 6.19. The molecule has 2 heterocycles. The zero-order valence-electron chi connectivity index (χ0n) is 11.5. The molecule has 1 N–H and O–H groups in total. The number of piperidine rings is 1. The van der Waals surface area contributed by atoms with Crippen molar-refractivity contribution in [2.45, 2.75) is 36.9 Å². The molecule has 110 valence electrons. The molecule has 19 heavy (non-hydrogen) atoms. The predicted octanol–water partition coefficient (Wildman–Crippen LogP) is 2.16. The largest absolute Gasteiger partial charge is 0.317 e. The summed E-state index contributed by atoms with van der Waals surface area (Å²) in [6, 6.07) is 2.39. The van der Waals surface area contributed by atoms with Gasteiger partial charge in [-0.05, 0) is 45.4 Å². The zero-order chi connectivity index (χ0) is 13.3. The lowest BCUT2D eigenvalue weighted by molar-refractivity contribution is 0.299. The summed E-state index contributed by atoms with van der Waals surface area (Å²) in [6.45, 7) is 5.05. The molecule has 0 radical (unpaired) electrons. The Morgan fingerprint density at radius 3 is 2.32 bits per heavy atom. The van der Waals surface area contributed by atoms with Gasteiger partial charge < -0.3 is 5.32 Å². The molecule has 0 spiro atoms. The number of nitrogens with zero attached hydrogens (tertiary/aromatic N) is 1. The molecule has 1 saturated heterocycles. The molecule has 1 aliphatic heterocycles. The van der Waals surface area contributed by atoms with Gasteiger partial charge in [-0.3, -0.25) is 0 Å².